The predicted molar refractivity (Wildman–Crippen MR) is 52.0 cm³/mol. The number of hydrogen-bond acceptors (Lipinski definition) is 3. The molecular formula is C9H18N2O2. The molecule has 4 nitrogen and oxygen atoms in total. The fraction of sp³-hybridized carbons (Fsp3) is 0.667. The minimum atomic E-state index is -0.806. The molecule has 0 aromatic heterocycles. The normalized spacial score (nSPS) is 10.7. The van der Waals surface area contributed by atoms with Crippen molar-refractivity contribution in [1.29, 1.82) is 0 Å². The Kier molecular flexibility index (Phi) is 5.14. The highest BCUT2D eigenvalue weighted by Gasteiger charge is 2.20. The van der Waals surface area contributed by atoms with E-state index in [1.807, 2.05) is 0 Å². The maximum atomic E-state index is 11.2. The lowest BCUT2D eigenvalue weighted by Crippen LogP contribution is -2.49. The minimum absolute atomic E-state index is 0.147. The van der Waals surface area contributed by atoms with Gasteiger partial charge in [-0.05, 0) is 20.3 Å². The van der Waals surface area contributed by atoms with E-state index in [0.717, 1.165) is 6.42 Å². The van der Waals surface area contributed by atoms with Crippen molar-refractivity contribution in [1.82, 2.24) is 5.32 Å². The molecule has 0 aromatic carbocycles. The molecule has 0 fully saturated rings. The van der Waals surface area contributed by atoms with Crippen LogP contribution >= 0.6 is 0 Å². The van der Waals surface area contributed by atoms with Gasteiger partial charge in [-0.2, -0.15) is 0 Å². The summed E-state index contributed by atoms with van der Waals surface area (Å²) >= 11 is 0. The van der Waals surface area contributed by atoms with Crippen molar-refractivity contribution in [2.24, 2.45) is 5.73 Å². The summed E-state index contributed by atoms with van der Waals surface area (Å²) in [6.45, 7) is 7.88. The fourth-order valence-electron chi connectivity index (χ4n) is 0.669. The first kappa shape index (κ1) is 12.0. The highest BCUT2D eigenvalue weighted by atomic mass is 16.5. The molecule has 0 aliphatic heterocycles. The largest absolute Gasteiger partial charge is 0.502 e. The Morgan fingerprint density at radius 3 is 2.77 bits per heavy atom. The molecule has 3 N–H and O–H groups in total. The van der Waals surface area contributed by atoms with Gasteiger partial charge in [0.1, 0.15) is 0 Å². The lowest BCUT2D eigenvalue weighted by atomic mass is 10.1. The number of carbonyl (C=O) groups is 1. The van der Waals surface area contributed by atoms with Crippen LogP contribution in [-0.2, 0) is 9.53 Å². The van der Waals surface area contributed by atoms with E-state index >= 15 is 0 Å². The van der Waals surface area contributed by atoms with Gasteiger partial charge in [0.25, 0.3) is 0 Å². The van der Waals surface area contributed by atoms with Crippen molar-refractivity contribution >= 4 is 5.91 Å². The molecule has 0 saturated heterocycles. The van der Waals surface area contributed by atoms with Gasteiger partial charge in [0.05, 0.1) is 18.4 Å². The molecule has 0 atom stereocenters. The van der Waals surface area contributed by atoms with E-state index in [2.05, 4.69) is 11.9 Å². The van der Waals surface area contributed by atoms with Crippen LogP contribution < -0.4 is 11.1 Å². The molecule has 4 heteroatoms. The van der Waals surface area contributed by atoms with Crippen LogP contribution in [-0.4, -0.2) is 24.6 Å². The summed E-state index contributed by atoms with van der Waals surface area (Å²) in [5.74, 6) is -0.147. The third kappa shape index (κ3) is 6.16. The van der Waals surface area contributed by atoms with Crippen LogP contribution in [0.2, 0.25) is 0 Å². The van der Waals surface area contributed by atoms with Crippen LogP contribution in [0.4, 0.5) is 0 Å². The van der Waals surface area contributed by atoms with Crippen molar-refractivity contribution in [3.63, 3.8) is 0 Å². The van der Waals surface area contributed by atoms with Gasteiger partial charge < -0.3 is 15.8 Å². The number of rotatable bonds is 6. The molecule has 0 aromatic rings. The number of amides is 1. The van der Waals surface area contributed by atoms with Crippen LogP contribution in [0.15, 0.2) is 12.8 Å². The lowest BCUT2D eigenvalue weighted by Gasteiger charge is -2.17. The van der Waals surface area contributed by atoms with Crippen molar-refractivity contribution in [3.8, 4) is 0 Å². The quantitative estimate of drug-likeness (QED) is 0.466. The maximum absolute atomic E-state index is 11.2. The molecule has 0 rings (SSSR count). The Morgan fingerprint density at radius 2 is 2.31 bits per heavy atom. The number of carbonyl (C=O) groups excluding carboxylic acids is 1. The molecule has 0 aliphatic carbocycles. The van der Waals surface area contributed by atoms with Crippen molar-refractivity contribution < 1.29 is 9.53 Å². The third-order valence-electron chi connectivity index (χ3n) is 1.43. The molecule has 0 bridgehead atoms. The van der Waals surface area contributed by atoms with Gasteiger partial charge in [0.15, 0.2) is 0 Å². The van der Waals surface area contributed by atoms with E-state index in [1.165, 1.54) is 6.26 Å². The van der Waals surface area contributed by atoms with Gasteiger partial charge in [-0.15, -0.1) is 0 Å². The number of nitrogens with one attached hydrogen (secondary N) is 1. The van der Waals surface area contributed by atoms with E-state index in [1.54, 1.807) is 13.8 Å². The smallest absolute Gasteiger partial charge is 0.239 e. The maximum Gasteiger partial charge on any atom is 0.239 e. The second-order valence-corrected chi connectivity index (χ2v) is 3.37. The van der Waals surface area contributed by atoms with Gasteiger partial charge >= 0.3 is 0 Å². The molecule has 1 amide bonds. The highest BCUT2D eigenvalue weighted by molar-refractivity contribution is 5.84. The molecule has 0 saturated carbocycles. The van der Waals surface area contributed by atoms with Crippen LogP contribution in [0.5, 0.6) is 0 Å². The Hall–Kier alpha value is -1.03. The highest BCUT2D eigenvalue weighted by Crippen LogP contribution is 1.95. The fourth-order valence-corrected chi connectivity index (χ4v) is 0.669. The summed E-state index contributed by atoms with van der Waals surface area (Å²) in [6, 6.07) is 0. The molecule has 76 valence electrons. The van der Waals surface area contributed by atoms with Crippen molar-refractivity contribution in [2.75, 3.05) is 13.2 Å². The molecule has 0 unspecified atom stereocenters. The Labute approximate surface area is 79.1 Å². The molecule has 0 aliphatic rings. The molecular weight excluding hydrogens is 168 g/mol. The Balaban J connectivity index is 3.43. The summed E-state index contributed by atoms with van der Waals surface area (Å²) < 4.78 is 4.88. The lowest BCUT2D eigenvalue weighted by molar-refractivity contribution is -0.125. The van der Waals surface area contributed by atoms with Crippen molar-refractivity contribution in [3.05, 3.63) is 12.8 Å². The van der Waals surface area contributed by atoms with Gasteiger partial charge in [-0.3, -0.25) is 4.79 Å². The average molecular weight is 186 g/mol. The number of hydrogen-bond donors (Lipinski definition) is 2. The summed E-state index contributed by atoms with van der Waals surface area (Å²) in [6.07, 6.45) is 2.14. The van der Waals surface area contributed by atoms with Gasteiger partial charge in [-0.25, -0.2) is 0 Å². The Morgan fingerprint density at radius 1 is 1.69 bits per heavy atom. The van der Waals surface area contributed by atoms with E-state index in [-0.39, 0.29) is 5.91 Å². The zero-order valence-corrected chi connectivity index (χ0v) is 8.30. The summed E-state index contributed by atoms with van der Waals surface area (Å²) in [7, 11) is 0. The first-order chi connectivity index (χ1) is 5.98. The van der Waals surface area contributed by atoms with Crippen LogP contribution in [0.3, 0.4) is 0 Å². The van der Waals surface area contributed by atoms with Gasteiger partial charge in [-0.1, -0.05) is 6.58 Å². The van der Waals surface area contributed by atoms with E-state index in [0.29, 0.717) is 13.2 Å². The predicted octanol–water partition coefficient (Wildman–Crippen LogP) is 0.390. The second-order valence-electron chi connectivity index (χ2n) is 3.37. The minimum Gasteiger partial charge on any atom is -0.502 e. The second kappa shape index (κ2) is 5.59. The van der Waals surface area contributed by atoms with E-state index in [9.17, 15) is 4.79 Å². The average Bonchev–Trinajstić information content (AvgIpc) is 2.02. The zero-order valence-electron chi connectivity index (χ0n) is 8.30. The first-order valence-electron chi connectivity index (χ1n) is 4.28. The van der Waals surface area contributed by atoms with Crippen molar-refractivity contribution in [2.45, 2.75) is 25.8 Å². The van der Waals surface area contributed by atoms with Gasteiger partial charge in [0.2, 0.25) is 5.91 Å². The molecule has 0 spiro atoms. The van der Waals surface area contributed by atoms with Crippen LogP contribution in [0.25, 0.3) is 0 Å². The zero-order chi connectivity index (χ0) is 10.3. The third-order valence-corrected chi connectivity index (χ3v) is 1.43. The summed E-state index contributed by atoms with van der Waals surface area (Å²) in [4.78, 5) is 11.2. The van der Waals surface area contributed by atoms with E-state index in [4.69, 9.17) is 10.5 Å². The van der Waals surface area contributed by atoms with Gasteiger partial charge in [0, 0.05) is 6.54 Å². The number of nitrogens with two attached hydrogens (primary N) is 1. The Bertz CT molecular complexity index is 173. The molecule has 13 heavy (non-hydrogen) atoms. The van der Waals surface area contributed by atoms with Crippen LogP contribution in [0, 0.1) is 0 Å². The SMILES string of the molecule is C=COCCCNC(=O)C(C)(C)N. The summed E-state index contributed by atoms with van der Waals surface area (Å²) in [5.41, 5.74) is 4.75. The van der Waals surface area contributed by atoms with E-state index < -0.39 is 5.54 Å². The summed E-state index contributed by atoms with van der Waals surface area (Å²) in [5, 5.41) is 2.70. The number of ether oxygens (including phenoxy) is 1. The molecule has 0 radical (unpaired) electrons. The standard InChI is InChI=1S/C9H18N2O2/c1-4-13-7-5-6-11-8(12)9(2,3)10/h4H,1,5-7,10H2,2-3H3,(H,11,12). The topological polar surface area (TPSA) is 64.3 Å². The molecule has 0 heterocycles. The van der Waals surface area contributed by atoms with Crippen LogP contribution in [0.1, 0.15) is 20.3 Å². The monoisotopic (exact) mass is 186 g/mol. The first-order valence-corrected chi connectivity index (χ1v) is 4.28.